The number of hydrogen-bond donors (Lipinski definition) is 1. The van der Waals surface area contributed by atoms with Gasteiger partial charge in [0.05, 0.1) is 22.2 Å². The maximum Gasteiger partial charge on any atom is 0.347 e. The molecule has 1 amide bonds. The van der Waals surface area contributed by atoms with Gasteiger partial charge in [0.2, 0.25) is 5.91 Å². The van der Waals surface area contributed by atoms with E-state index >= 15 is 0 Å². The Bertz CT molecular complexity index is 1330. The van der Waals surface area contributed by atoms with Gasteiger partial charge < -0.3 is 19.4 Å². The van der Waals surface area contributed by atoms with Crippen LogP contribution in [-0.2, 0) is 20.9 Å². The molecule has 1 unspecified atom stereocenters. The molecular formula is C23H21N3O5S. The Morgan fingerprint density at radius 3 is 2.72 bits per heavy atom. The molecule has 2 aromatic carbocycles. The van der Waals surface area contributed by atoms with Crippen LogP contribution in [0.25, 0.3) is 21.0 Å². The van der Waals surface area contributed by atoms with Gasteiger partial charge in [-0.05, 0) is 44.2 Å². The van der Waals surface area contributed by atoms with Crippen molar-refractivity contribution in [3.8, 4) is 5.75 Å². The van der Waals surface area contributed by atoms with Crippen LogP contribution < -0.4 is 15.6 Å². The van der Waals surface area contributed by atoms with Crippen LogP contribution in [0.15, 0.2) is 59.5 Å². The number of ether oxygens (including phenoxy) is 2. The Morgan fingerprint density at radius 2 is 1.94 bits per heavy atom. The smallest absolute Gasteiger partial charge is 0.347 e. The average Bonchev–Trinajstić information content (AvgIpc) is 3.18. The Morgan fingerprint density at radius 1 is 1.12 bits per heavy atom. The topological polar surface area (TPSA) is 99.5 Å². The van der Waals surface area contributed by atoms with Crippen molar-refractivity contribution in [1.82, 2.24) is 9.55 Å². The van der Waals surface area contributed by atoms with Crippen molar-refractivity contribution in [2.75, 3.05) is 11.9 Å². The van der Waals surface area contributed by atoms with Gasteiger partial charge in [0, 0.05) is 11.6 Å². The van der Waals surface area contributed by atoms with E-state index in [2.05, 4.69) is 10.3 Å². The molecule has 0 spiro atoms. The van der Waals surface area contributed by atoms with E-state index < -0.39 is 12.1 Å². The first-order valence-corrected chi connectivity index (χ1v) is 10.9. The summed E-state index contributed by atoms with van der Waals surface area (Å²) in [6, 6.07) is 14.3. The number of carbonyl (C=O) groups excluding carboxylic acids is 2. The Balaban J connectivity index is 1.53. The summed E-state index contributed by atoms with van der Waals surface area (Å²) in [6.45, 7) is 3.41. The summed E-state index contributed by atoms with van der Waals surface area (Å²) >= 11 is 1.37. The van der Waals surface area contributed by atoms with Crippen molar-refractivity contribution >= 4 is 49.3 Å². The molecule has 2 heterocycles. The van der Waals surface area contributed by atoms with Crippen molar-refractivity contribution in [3.05, 3.63) is 65.1 Å². The van der Waals surface area contributed by atoms with Gasteiger partial charge in [-0.15, -0.1) is 0 Å². The first-order chi connectivity index (χ1) is 15.5. The van der Waals surface area contributed by atoms with Crippen molar-refractivity contribution in [3.63, 3.8) is 0 Å². The second kappa shape index (κ2) is 9.19. The largest absolute Gasteiger partial charge is 0.478 e. The molecule has 0 saturated heterocycles. The third-order valence-electron chi connectivity index (χ3n) is 4.75. The lowest BCUT2D eigenvalue weighted by Gasteiger charge is -2.15. The standard InChI is InChI=1S/C23H21N3O5S/c1-3-30-22(29)14(2)31-18-9-6-7-16-15(18)11-12-26(21(16)28)13-20(27)25-23-24-17-8-4-5-10-19(17)32-23/h4-12,14H,3,13H2,1-2H3,(H,24,25,27). The Hall–Kier alpha value is -3.72. The van der Waals surface area contributed by atoms with Gasteiger partial charge in [-0.25, -0.2) is 9.78 Å². The van der Waals surface area contributed by atoms with Crippen molar-refractivity contribution in [2.24, 2.45) is 0 Å². The van der Waals surface area contributed by atoms with Crippen LogP contribution in [-0.4, -0.2) is 34.1 Å². The molecule has 0 radical (unpaired) electrons. The number of thiazole rings is 1. The monoisotopic (exact) mass is 451 g/mol. The van der Waals surface area contributed by atoms with Gasteiger partial charge in [-0.1, -0.05) is 29.5 Å². The van der Waals surface area contributed by atoms with E-state index in [0.29, 0.717) is 21.7 Å². The normalized spacial score (nSPS) is 11.9. The number of fused-ring (bicyclic) bond motifs is 2. The summed E-state index contributed by atoms with van der Waals surface area (Å²) in [6.07, 6.45) is 0.715. The second-order valence-corrected chi connectivity index (χ2v) is 8.04. The fourth-order valence-corrected chi connectivity index (χ4v) is 4.14. The molecule has 32 heavy (non-hydrogen) atoms. The molecule has 0 aliphatic carbocycles. The van der Waals surface area contributed by atoms with Crippen LogP contribution in [0.4, 0.5) is 5.13 Å². The molecule has 0 aliphatic rings. The van der Waals surface area contributed by atoms with E-state index in [1.54, 1.807) is 38.1 Å². The van der Waals surface area contributed by atoms with Crippen LogP contribution in [0.2, 0.25) is 0 Å². The van der Waals surface area contributed by atoms with E-state index in [9.17, 15) is 14.4 Å². The fraction of sp³-hybridized carbons (Fsp3) is 0.217. The molecule has 4 rings (SSSR count). The van der Waals surface area contributed by atoms with E-state index in [-0.39, 0.29) is 24.6 Å². The van der Waals surface area contributed by atoms with Crippen LogP contribution in [0.5, 0.6) is 5.75 Å². The van der Waals surface area contributed by atoms with Crippen molar-refractivity contribution in [2.45, 2.75) is 26.5 Å². The molecule has 4 aromatic rings. The first-order valence-electron chi connectivity index (χ1n) is 10.1. The zero-order chi connectivity index (χ0) is 22.7. The summed E-state index contributed by atoms with van der Waals surface area (Å²) in [7, 11) is 0. The van der Waals surface area contributed by atoms with Crippen molar-refractivity contribution in [1.29, 1.82) is 0 Å². The third-order valence-corrected chi connectivity index (χ3v) is 5.71. The third kappa shape index (κ3) is 4.47. The minimum absolute atomic E-state index is 0.158. The molecule has 0 aliphatic heterocycles. The summed E-state index contributed by atoms with van der Waals surface area (Å²) < 4.78 is 13.0. The second-order valence-electron chi connectivity index (χ2n) is 7.01. The number of hydrogen-bond acceptors (Lipinski definition) is 7. The molecule has 1 atom stereocenters. The summed E-state index contributed by atoms with van der Waals surface area (Å²) in [5.74, 6) is -0.440. The summed E-state index contributed by atoms with van der Waals surface area (Å²) in [4.78, 5) is 41.7. The van der Waals surface area contributed by atoms with E-state index in [1.165, 1.54) is 22.1 Å². The van der Waals surface area contributed by atoms with Crippen LogP contribution in [0, 0.1) is 0 Å². The number of carbonyl (C=O) groups is 2. The van der Waals surface area contributed by atoms with Gasteiger partial charge >= 0.3 is 5.97 Å². The lowest BCUT2D eigenvalue weighted by Crippen LogP contribution is -2.28. The number of para-hydroxylation sites is 1. The molecule has 0 fully saturated rings. The summed E-state index contributed by atoms with van der Waals surface area (Å²) in [5.41, 5.74) is 0.469. The van der Waals surface area contributed by atoms with Gasteiger partial charge in [-0.3, -0.25) is 9.59 Å². The number of nitrogens with zero attached hydrogens (tertiary/aromatic N) is 2. The van der Waals surface area contributed by atoms with Gasteiger partial charge in [0.25, 0.3) is 5.56 Å². The highest BCUT2D eigenvalue weighted by atomic mass is 32.1. The molecule has 2 aromatic heterocycles. The zero-order valence-electron chi connectivity index (χ0n) is 17.5. The Labute approximate surface area is 187 Å². The number of amides is 1. The van der Waals surface area contributed by atoms with Gasteiger partial charge in [0.15, 0.2) is 11.2 Å². The SMILES string of the molecule is CCOC(=O)C(C)Oc1cccc2c(=O)n(CC(=O)Nc3nc4ccccc4s3)ccc12. The van der Waals surface area contributed by atoms with E-state index in [4.69, 9.17) is 9.47 Å². The lowest BCUT2D eigenvalue weighted by molar-refractivity contribution is -0.150. The molecule has 8 nitrogen and oxygen atoms in total. The first kappa shape index (κ1) is 21.5. The zero-order valence-corrected chi connectivity index (χ0v) is 18.3. The number of nitrogens with one attached hydrogen (secondary N) is 1. The van der Waals surface area contributed by atoms with E-state index in [0.717, 1.165) is 10.2 Å². The number of esters is 1. The highest BCUT2D eigenvalue weighted by Crippen LogP contribution is 2.26. The molecule has 0 saturated carbocycles. The maximum absolute atomic E-state index is 13.0. The number of anilines is 1. The maximum atomic E-state index is 13.0. The highest BCUT2D eigenvalue weighted by Gasteiger charge is 2.18. The Kier molecular flexibility index (Phi) is 6.18. The average molecular weight is 452 g/mol. The number of aromatic nitrogens is 2. The minimum atomic E-state index is -0.817. The quantitative estimate of drug-likeness (QED) is 0.431. The van der Waals surface area contributed by atoms with Crippen LogP contribution in [0.3, 0.4) is 0 Å². The predicted octanol–water partition coefficient (Wildman–Crippen LogP) is 3.58. The highest BCUT2D eigenvalue weighted by molar-refractivity contribution is 7.22. The number of pyridine rings is 1. The number of rotatable bonds is 7. The summed E-state index contributed by atoms with van der Waals surface area (Å²) in [5, 5.41) is 4.17. The fourth-order valence-electron chi connectivity index (χ4n) is 3.25. The minimum Gasteiger partial charge on any atom is -0.478 e. The van der Waals surface area contributed by atoms with Crippen LogP contribution >= 0.6 is 11.3 Å². The molecule has 164 valence electrons. The van der Waals surface area contributed by atoms with E-state index in [1.807, 2.05) is 24.3 Å². The van der Waals surface area contributed by atoms with Gasteiger partial charge in [0.1, 0.15) is 12.3 Å². The van der Waals surface area contributed by atoms with Crippen LogP contribution in [0.1, 0.15) is 13.8 Å². The molecular weight excluding hydrogens is 430 g/mol. The predicted molar refractivity (Wildman–Crippen MR) is 123 cm³/mol. The molecule has 0 bridgehead atoms. The lowest BCUT2D eigenvalue weighted by atomic mass is 10.1. The van der Waals surface area contributed by atoms with Crippen molar-refractivity contribution < 1.29 is 19.1 Å². The number of benzene rings is 2. The molecule has 9 heteroatoms. The molecule has 1 N–H and O–H groups in total. The van der Waals surface area contributed by atoms with Gasteiger partial charge in [-0.2, -0.15) is 0 Å².